The number of aliphatic imine (C=N–C) groups is 1. The average Bonchev–Trinajstić information content (AvgIpc) is 3.06. The van der Waals surface area contributed by atoms with Crippen molar-refractivity contribution in [3.63, 3.8) is 0 Å². The summed E-state index contributed by atoms with van der Waals surface area (Å²) >= 11 is 0. The lowest BCUT2D eigenvalue weighted by Gasteiger charge is -2.31. The van der Waals surface area contributed by atoms with Gasteiger partial charge in [-0.05, 0) is 12.1 Å². The predicted octanol–water partition coefficient (Wildman–Crippen LogP) is -0.155. The molecule has 1 saturated heterocycles. The number of amidine groups is 1. The third-order valence-corrected chi connectivity index (χ3v) is 4.36. The van der Waals surface area contributed by atoms with E-state index in [0.29, 0.717) is 0 Å². The normalized spacial score (nSPS) is 23.1. The molecule has 4 amide bonds. The Bertz CT molecular complexity index is 878. The van der Waals surface area contributed by atoms with E-state index in [2.05, 4.69) is 4.99 Å². The zero-order valence-electron chi connectivity index (χ0n) is 12.9. The maximum absolute atomic E-state index is 14.1. The molecule has 0 aromatic heterocycles. The highest BCUT2D eigenvalue weighted by atomic mass is 19.1. The van der Waals surface area contributed by atoms with Gasteiger partial charge in [-0.2, -0.15) is 4.90 Å². The maximum Gasteiger partial charge on any atom is 0.405 e. The molecule has 0 saturated carbocycles. The van der Waals surface area contributed by atoms with Crippen LogP contribution in [0.4, 0.5) is 14.9 Å². The summed E-state index contributed by atoms with van der Waals surface area (Å²) in [6.45, 7) is -0.108. The Morgan fingerprint density at radius 2 is 1.88 bits per heavy atom. The van der Waals surface area contributed by atoms with Gasteiger partial charge in [-0.1, -0.05) is 17.1 Å². The minimum absolute atomic E-state index is 0.0674. The molecule has 3 heterocycles. The van der Waals surface area contributed by atoms with E-state index < -0.39 is 23.8 Å². The molecule has 3 aliphatic heterocycles. The highest BCUT2D eigenvalue weighted by molar-refractivity contribution is 6.28. The van der Waals surface area contributed by atoms with Crippen LogP contribution in [-0.4, -0.2) is 70.7 Å². The van der Waals surface area contributed by atoms with Crippen molar-refractivity contribution in [2.45, 2.75) is 6.04 Å². The fraction of sp³-hybridized carbons (Fsp3) is 0.267. The first-order chi connectivity index (χ1) is 11.4. The Morgan fingerprint density at radius 3 is 2.58 bits per heavy atom. The van der Waals surface area contributed by atoms with Gasteiger partial charge in [0.15, 0.2) is 12.4 Å². The van der Waals surface area contributed by atoms with Gasteiger partial charge in [0.05, 0.1) is 0 Å². The Balaban J connectivity index is 1.84. The van der Waals surface area contributed by atoms with E-state index in [-0.39, 0.29) is 29.9 Å². The molecule has 8 nitrogen and oxygen atoms in total. The van der Waals surface area contributed by atoms with E-state index >= 15 is 0 Å². The molecule has 1 atom stereocenters. The van der Waals surface area contributed by atoms with Crippen LogP contribution >= 0.6 is 0 Å². The van der Waals surface area contributed by atoms with Gasteiger partial charge in [0.2, 0.25) is 11.9 Å². The molecule has 0 bridgehead atoms. The quantitative estimate of drug-likeness (QED) is 0.672. The molecule has 3 aliphatic rings. The molecular weight excluding hydrogens is 317 g/mol. The first kappa shape index (κ1) is 14.5. The standard InChI is InChI=1S/C15H13FN5O3/c1-18-12-11(13(23)19(2)15(18)24)20-7-10(22)21(14(20)17-12)9-6-4-3-5-8(9)16/h3-6,11H,7H2,1-2H3/q+1. The summed E-state index contributed by atoms with van der Waals surface area (Å²) in [7, 11) is 2.89. The van der Waals surface area contributed by atoms with Crippen molar-refractivity contribution in [1.29, 1.82) is 0 Å². The van der Waals surface area contributed by atoms with Crippen molar-refractivity contribution in [3.8, 4) is 0 Å². The number of likely N-dealkylation sites (N-methyl/N-ethyl adjacent to an activating group) is 2. The highest BCUT2D eigenvalue weighted by Crippen LogP contribution is 2.28. The largest absolute Gasteiger partial charge is 0.405 e. The molecule has 0 spiro atoms. The van der Waals surface area contributed by atoms with Gasteiger partial charge >= 0.3 is 17.9 Å². The van der Waals surface area contributed by atoms with E-state index in [1.807, 2.05) is 0 Å². The van der Waals surface area contributed by atoms with Crippen molar-refractivity contribution >= 4 is 35.3 Å². The fourth-order valence-electron chi connectivity index (χ4n) is 3.13. The third-order valence-electron chi connectivity index (χ3n) is 4.36. The molecule has 1 fully saturated rings. The summed E-state index contributed by atoms with van der Waals surface area (Å²) in [5.41, 5.74) is 0.0674. The van der Waals surface area contributed by atoms with Crippen LogP contribution in [-0.2, 0) is 9.59 Å². The van der Waals surface area contributed by atoms with Gasteiger partial charge in [-0.25, -0.2) is 13.8 Å². The number of fused-ring (bicyclic) bond motifs is 2. The summed E-state index contributed by atoms with van der Waals surface area (Å²) in [5, 5.41) is 0. The lowest BCUT2D eigenvalue weighted by Crippen LogP contribution is -2.61. The number of carbonyl (C=O) groups is 3. The number of benzene rings is 1. The topological polar surface area (TPSA) is 76.3 Å². The van der Waals surface area contributed by atoms with Crippen LogP contribution in [0.3, 0.4) is 0 Å². The van der Waals surface area contributed by atoms with Crippen LogP contribution in [0.5, 0.6) is 0 Å². The van der Waals surface area contributed by atoms with Gasteiger partial charge in [0, 0.05) is 14.1 Å². The van der Waals surface area contributed by atoms with Crippen molar-refractivity contribution in [2.24, 2.45) is 4.99 Å². The number of amides is 4. The lowest BCUT2D eigenvalue weighted by atomic mass is 10.1. The molecule has 1 unspecified atom stereocenters. The van der Waals surface area contributed by atoms with Gasteiger partial charge in [-0.3, -0.25) is 19.4 Å². The van der Waals surface area contributed by atoms with Crippen LogP contribution in [0.15, 0.2) is 29.3 Å². The Kier molecular flexibility index (Phi) is 2.84. The molecular formula is C15H13FN5O3+. The number of anilines is 1. The number of carbonyl (C=O) groups excluding carboxylic acids is 3. The van der Waals surface area contributed by atoms with Crippen molar-refractivity contribution in [1.82, 2.24) is 9.80 Å². The molecule has 0 radical (unpaired) electrons. The SMILES string of the molecule is CN1C(=O)C2C(=NC3=[N+]2CC(=O)N3c2ccccc2F)N(C)C1=O. The number of nitrogens with zero attached hydrogens (tertiary/aromatic N) is 5. The number of rotatable bonds is 1. The molecule has 1 aromatic rings. The minimum Gasteiger partial charge on any atom is -0.270 e. The number of para-hydroxylation sites is 1. The summed E-state index contributed by atoms with van der Waals surface area (Å²) in [5.74, 6) is -1.01. The van der Waals surface area contributed by atoms with Gasteiger partial charge < -0.3 is 0 Å². The van der Waals surface area contributed by atoms with Crippen LogP contribution in [0.1, 0.15) is 0 Å². The Hall–Kier alpha value is -3.10. The predicted molar refractivity (Wildman–Crippen MR) is 81.2 cm³/mol. The second kappa shape index (κ2) is 4.70. The number of halogens is 1. The van der Waals surface area contributed by atoms with Gasteiger partial charge in [-0.15, -0.1) is 0 Å². The zero-order chi connectivity index (χ0) is 17.2. The minimum atomic E-state index is -0.853. The second-order valence-corrected chi connectivity index (χ2v) is 5.72. The van der Waals surface area contributed by atoms with Gasteiger partial charge in [0.1, 0.15) is 5.69 Å². The van der Waals surface area contributed by atoms with Crippen LogP contribution < -0.4 is 4.90 Å². The molecule has 24 heavy (non-hydrogen) atoms. The van der Waals surface area contributed by atoms with E-state index in [1.54, 1.807) is 6.07 Å². The molecule has 0 N–H and O–H groups in total. The number of urea groups is 1. The summed E-state index contributed by atoms with van der Waals surface area (Å²) < 4.78 is 15.6. The Morgan fingerprint density at radius 1 is 1.17 bits per heavy atom. The second-order valence-electron chi connectivity index (χ2n) is 5.72. The van der Waals surface area contributed by atoms with E-state index in [1.165, 1.54) is 41.8 Å². The first-order valence-corrected chi connectivity index (χ1v) is 7.26. The molecule has 122 valence electrons. The van der Waals surface area contributed by atoms with Crippen molar-refractivity contribution < 1.29 is 23.3 Å². The summed E-state index contributed by atoms with van der Waals surface area (Å²) in [6.07, 6.45) is 0. The average molecular weight is 330 g/mol. The monoisotopic (exact) mass is 330 g/mol. The fourth-order valence-corrected chi connectivity index (χ4v) is 3.13. The molecule has 0 aliphatic carbocycles. The van der Waals surface area contributed by atoms with Crippen molar-refractivity contribution in [2.75, 3.05) is 25.5 Å². The highest BCUT2D eigenvalue weighted by Gasteiger charge is 2.57. The van der Waals surface area contributed by atoms with Crippen LogP contribution in [0, 0.1) is 5.82 Å². The van der Waals surface area contributed by atoms with E-state index in [0.717, 1.165) is 9.80 Å². The summed E-state index contributed by atoms with van der Waals surface area (Å²) in [6, 6.07) is 4.49. The lowest BCUT2D eigenvalue weighted by molar-refractivity contribution is -0.519. The first-order valence-electron chi connectivity index (χ1n) is 7.26. The Labute approximate surface area is 136 Å². The smallest absolute Gasteiger partial charge is 0.270 e. The van der Waals surface area contributed by atoms with Crippen molar-refractivity contribution in [3.05, 3.63) is 30.1 Å². The van der Waals surface area contributed by atoms with E-state index in [9.17, 15) is 18.8 Å². The number of hydrogen-bond acceptors (Lipinski definition) is 4. The third kappa shape index (κ3) is 1.69. The maximum atomic E-state index is 14.1. The van der Waals surface area contributed by atoms with E-state index in [4.69, 9.17) is 0 Å². The number of hydrogen-bond donors (Lipinski definition) is 0. The summed E-state index contributed by atoms with van der Waals surface area (Å²) in [4.78, 5) is 44.6. The molecule has 1 aromatic carbocycles. The van der Waals surface area contributed by atoms with Crippen LogP contribution in [0.25, 0.3) is 0 Å². The van der Waals surface area contributed by atoms with Crippen LogP contribution in [0.2, 0.25) is 0 Å². The molecule has 4 rings (SSSR count). The molecule has 9 heteroatoms. The number of imide groups is 1. The zero-order valence-corrected chi connectivity index (χ0v) is 12.9. The van der Waals surface area contributed by atoms with Gasteiger partial charge in [0.25, 0.3) is 5.91 Å². The number of guanidine groups is 1.